The molecular formula is C22H25N3O2S. The lowest BCUT2D eigenvalue weighted by atomic mass is 10.1. The number of aromatic amines is 1. The highest BCUT2D eigenvalue weighted by Gasteiger charge is 2.14. The van der Waals surface area contributed by atoms with Gasteiger partial charge in [-0.15, -0.1) is 0 Å². The molecule has 0 saturated carbocycles. The number of nitrogens with zero attached hydrogens (tertiary/aromatic N) is 1. The molecule has 0 amide bonds. The lowest BCUT2D eigenvalue weighted by Gasteiger charge is -2.26. The summed E-state index contributed by atoms with van der Waals surface area (Å²) < 4.78 is 5.22. The normalized spacial score (nSPS) is 10.7. The van der Waals surface area contributed by atoms with Crippen molar-refractivity contribution in [3.8, 4) is 5.75 Å². The van der Waals surface area contributed by atoms with Crippen molar-refractivity contribution in [3.63, 3.8) is 0 Å². The lowest BCUT2D eigenvalue weighted by Crippen LogP contribution is -2.39. The molecule has 0 spiro atoms. The molecule has 0 radical (unpaired) electrons. The molecule has 1 heterocycles. The van der Waals surface area contributed by atoms with Crippen LogP contribution in [0.1, 0.15) is 23.6 Å². The van der Waals surface area contributed by atoms with Gasteiger partial charge in [-0.05, 0) is 60.8 Å². The van der Waals surface area contributed by atoms with Gasteiger partial charge in [0.25, 0.3) is 5.56 Å². The molecule has 0 aliphatic heterocycles. The van der Waals surface area contributed by atoms with Crippen LogP contribution in [-0.2, 0) is 13.1 Å². The third-order valence-corrected chi connectivity index (χ3v) is 5.08. The molecule has 6 heteroatoms. The Labute approximate surface area is 170 Å². The summed E-state index contributed by atoms with van der Waals surface area (Å²) in [6.45, 7) is 5.75. The lowest BCUT2D eigenvalue weighted by molar-refractivity contribution is 0.396. The molecule has 2 N–H and O–H groups in total. The number of pyridine rings is 1. The van der Waals surface area contributed by atoms with Crippen molar-refractivity contribution >= 4 is 28.2 Å². The maximum Gasteiger partial charge on any atom is 0.253 e. The summed E-state index contributed by atoms with van der Waals surface area (Å²) in [7, 11) is 1.65. The van der Waals surface area contributed by atoms with Gasteiger partial charge in [-0.1, -0.05) is 30.3 Å². The Morgan fingerprint density at radius 2 is 1.93 bits per heavy atom. The van der Waals surface area contributed by atoms with Crippen LogP contribution in [0.5, 0.6) is 5.75 Å². The minimum absolute atomic E-state index is 0.0826. The number of methoxy groups -OCH3 is 1. The van der Waals surface area contributed by atoms with Crippen molar-refractivity contribution in [2.24, 2.45) is 0 Å². The van der Waals surface area contributed by atoms with Crippen molar-refractivity contribution in [1.29, 1.82) is 0 Å². The maximum absolute atomic E-state index is 12.7. The Morgan fingerprint density at radius 1 is 1.18 bits per heavy atom. The highest BCUT2D eigenvalue weighted by Crippen LogP contribution is 2.17. The molecule has 0 unspecified atom stereocenters. The zero-order chi connectivity index (χ0) is 20.1. The molecule has 3 aromatic rings. The first-order valence-electron chi connectivity index (χ1n) is 9.29. The molecule has 146 valence electrons. The number of nitrogens with one attached hydrogen (secondary N) is 2. The molecule has 3 rings (SSSR count). The highest BCUT2D eigenvalue weighted by atomic mass is 32.1. The van der Waals surface area contributed by atoms with Crippen molar-refractivity contribution in [2.45, 2.75) is 26.9 Å². The smallest absolute Gasteiger partial charge is 0.253 e. The summed E-state index contributed by atoms with van der Waals surface area (Å²) in [6, 6.07) is 15.8. The van der Waals surface area contributed by atoms with E-state index in [1.165, 1.54) is 0 Å². The third-order valence-electron chi connectivity index (χ3n) is 4.67. The highest BCUT2D eigenvalue weighted by molar-refractivity contribution is 7.80. The largest absolute Gasteiger partial charge is 0.497 e. The van der Waals surface area contributed by atoms with Crippen LogP contribution >= 0.6 is 12.2 Å². The van der Waals surface area contributed by atoms with Crippen molar-refractivity contribution in [2.75, 3.05) is 13.7 Å². The molecule has 28 heavy (non-hydrogen) atoms. The third kappa shape index (κ3) is 4.51. The number of para-hydroxylation sites is 1. The molecule has 0 bridgehead atoms. The Balaban J connectivity index is 1.90. The van der Waals surface area contributed by atoms with E-state index in [0.29, 0.717) is 23.8 Å². The second-order valence-electron chi connectivity index (χ2n) is 6.70. The molecule has 0 fully saturated rings. The quantitative estimate of drug-likeness (QED) is 0.623. The number of hydrogen-bond donors (Lipinski definition) is 2. The van der Waals surface area contributed by atoms with Gasteiger partial charge in [0.1, 0.15) is 5.75 Å². The molecular weight excluding hydrogens is 370 g/mol. The number of fused-ring (bicyclic) bond motifs is 1. The topological polar surface area (TPSA) is 57.4 Å². The number of benzene rings is 2. The number of ether oxygens (including phenoxy) is 1. The van der Waals surface area contributed by atoms with Gasteiger partial charge < -0.3 is 19.9 Å². The van der Waals surface area contributed by atoms with E-state index < -0.39 is 0 Å². The zero-order valence-corrected chi connectivity index (χ0v) is 17.2. The molecule has 0 aliphatic rings. The first kappa shape index (κ1) is 19.9. The van der Waals surface area contributed by atoms with E-state index in [4.69, 9.17) is 17.0 Å². The minimum atomic E-state index is -0.0826. The molecule has 5 nitrogen and oxygen atoms in total. The number of H-pyrrole nitrogens is 1. The van der Waals surface area contributed by atoms with Gasteiger partial charge in [-0.25, -0.2) is 0 Å². The van der Waals surface area contributed by atoms with E-state index in [9.17, 15) is 4.79 Å². The van der Waals surface area contributed by atoms with Crippen molar-refractivity contribution in [3.05, 3.63) is 75.6 Å². The summed E-state index contributed by atoms with van der Waals surface area (Å²) >= 11 is 5.56. The number of aromatic nitrogens is 1. The number of hydrogen-bond acceptors (Lipinski definition) is 3. The predicted molar refractivity (Wildman–Crippen MR) is 118 cm³/mol. The summed E-state index contributed by atoms with van der Waals surface area (Å²) in [5, 5.41) is 4.84. The van der Waals surface area contributed by atoms with E-state index in [1.807, 2.05) is 67.3 Å². The first-order valence-corrected chi connectivity index (χ1v) is 9.70. The summed E-state index contributed by atoms with van der Waals surface area (Å²) in [4.78, 5) is 17.7. The van der Waals surface area contributed by atoms with Crippen LogP contribution in [0.3, 0.4) is 0 Å². The van der Waals surface area contributed by atoms with Crippen molar-refractivity contribution in [1.82, 2.24) is 15.2 Å². The second kappa shape index (κ2) is 8.89. The molecule has 1 aromatic heterocycles. The van der Waals surface area contributed by atoms with Gasteiger partial charge in [0, 0.05) is 18.7 Å². The molecule has 0 atom stereocenters. The fraction of sp³-hybridized carbons (Fsp3) is 0.273. The van der Waals surface area contributed by atoms with Crippen LogP contribution in [0.2, 0.25) is 0 Å². The average molecular weight is 396 g/mol. The van der Waals surface area contributed by atoms with E-state index in [-0.39, 0.29) is 5.56 Å². The molecule has 2 aromatic carbocycles. The van der Waals surface area contributed by atoms with Gasteiger partial charge in [0.2, 0.25) is 0 Å². The van der Waals surface area contributed by atoms with Crippen LogP contribution in [-0.4, -0.2) is 28.7 Å². The van der Waals surface area contributed by atoms with E-state index in [2.05, 4.69) is 10.3 Å². The van der Waals surface area contributed by atoms with E-state index in [1.54, 1.807) is 7.11 Å². The van der Waals surface area contributed by atoms with Gasteiger partial charge in [-0.3, -0.25) is 4.79 Å². The zero-order valence-electron chi connectivity index (χ0n) is 16.4. The van der Waals surface area contributed by atoms with Crippen LogP contribution in [0.15, 0.2) is 53.3 Å². The number of rotatable bonds is 6. The van der Waals surface area contributed by atoms with E-state index in [0.717, 1.165) is 34.3 Å². The van der Waals surface area contributed by atoms with E-state index >= 15 is 0 Å². The Kier molecular flexibility index (Phi) is 6.31. The van der Waals surface area contributed by atoms with Crippen LogP contribution in [0.4, 0.5) is 0 Å². The predicted octanol–water partition coefficient (Wildman–Crippen LogP) is 3.74. The molecule has 0 aliphatic carbocycles. The van der Waals surface area contributed by atoms with Crippen LogP contribution in [0.25, 0.3) is 10.9 Å². The maximum atomic E-state index is 12.7. The molecule has 0 saturated heterocycles. The SMILES string of the molecule is CCNC(=S)N(Cc1ccc(OC)cc1)Cc1cc2cccc(C)c2[nH]c1=O. The van der Waals surface area contributed by atoms with Gasteiger partial charge >= 0.3 is 0 Å². The van der Waals surface area contributed by atoms with Crippen LogP contribution < -0.4 is 15.6 Å². The Morgan fingerprint density at radius 3 is 2.61 bits per heavy atom. The van der Waals surface area contributed by atoms with Gasteiger partial charge in [0.15, 0.2) is 5.11 Å². The van der Waals surface area contributed by atoms with Gasteiger partial charge in [0.05, 0.1) is 19.2 Å². The Hall–Kier alpha value is -2.86. The first-order chi connectivity index (χ1) is 13.5. The number of thiocarbonyl (C=S) groups is 1. The average Bonchev–Trinajstić information content (AvgIpc) is 2.69. The standard InChI is InChI=1S/C22H25N3O2S/c1-4-23-22(28)25(13-16-8-10-19(27-3)11-9-16)14-18-12-17-7-5-6-15(2)20(17)24-21(18)26/h5-12H,4,13-14H2,1-3H3,(H,23,28)(H,24,26). The van der Waals surface area contributed by atoms with Crippen LogP contribution in [0, 0.1) is 6.92 Å². The minimum Gasteiger partial charge on any atom is -0.497 e. The summed E-state index contributed by atoms with van der Waals surface area (Å²) in [6.07, 6.45) is 0. The van der Waals surface area contributed by atoms with Gasteiger partial charge in [-0.2, -0.15) is 0 Å². The second-order valence-corrected chi connectivity index (χ2v) is 7.09. The fourth-order valence-corrected chi connectivity index (χ4v) is 3.44. The monoisotopic (exact) mass is 395 g/mol. The fourth-order valence-electron chi connectivity index (χ4n) is 3.17. The number of aryl methyl sites for hydroxylation is 1. The van der Waals surface area contributed by atoms with Crippen molar-refractivity contribution < 1.29 is 4.74 Å². The summed E-state index contributed by atoms with van der Waals surface area (Å²) in [5.41, 5.74) is 3.63. The summed E-state index contributed by atoms with van der Waals surface area (Å²) in [5.74, 6) is 0.811. The Bertz CT molecular complexity index is 1030.